The molecule has 3 heteroatoms. The van der Waals surface area contributed by atoms with Gasteiger partial charge in [-0.15, -0.1) is 0 Å². The molecule has 1 saturated heterocycles. The zero-order valence-corrected chi connectivity index (χ0v) is 16.7. The Hall–Kier alpha value is -1.90. The van der Waals surface area contributed by atoms with Gasteiger partial charge in [0.25, 0.3) is 0 Å². The predicted octanol–water partition coefficient (Wildman–Crippen LogP) is 4.68. The lowest BCUT2D eigenvalue weighted by atomic mass is 9.50. The number of pyridine rings is 1. The fourth-order valence-electron chi connectivity index (χ4n) is 6.86. The van der Waals surface area contributed by atoms with E-state index in [0.717, 1.165) is 13.0 Å². The van der Waals surface area contributed by atoms with Crippen molar-refractivity contribution in [1.82, 2.24) is 10.3 Å². The molecule has 4 aliphatic rings. The molecule has 1 saturated carbocycles. The molecule has 1 aliphatic heterocycles. The van der Waals surface area contributed by atoms with E-state index in [1.165, 1.54) is 41.7 Å². The Kier molecular flexibility index (Phi) is 3.70. The summed E-state index contributed by atoms with van der Waals surface area (Å²) >= 11 is 0. The minimum Gasteiger partial charge on any atom is -0.387 e. The van der Waals surface area contributed by atoms with Gasteiger partial charge in [-0.2, -0.15) is 0 Å². The highest BCUT2D eigenvalue weighted by atomic mass is 16.1. The molecule has 0 unspecified atom stereocenters. The van der Waals surface area contributed by atoms with Gasteiger partial charge in [-0.1, -0.05) is 19.9 Å². The first-order valence-electron chi connectivity index (χ1n) is 10.5. The summed E-state index contributed by atoms with van der Waals surface area (Å²) < 4.78 is 0. The second-order valence-electron chi connectivity index (χ2n) is 9.76. The number of nitrogens with one attached hydrogen (secondary N) is 1. The van der Waals surface area contributed by atoms with Crippen LogP contribution < -0.4 is 5.32 Å². The number of piperidine rings is 1. The van der Waals surface area contributed by atoms with Crippen LogP contribution >= 0.6 is 0 Å². The van der Waals surface area contributed by atoms with Crippen LogP contribution in [0.1, 0.15) is 57.1 Å². The summed E-state index contributed by atoms with van der Waals surface area (Å²) in [5.41, 5.74) is 5.71. The van der Waals surface area contributed by atoms with Gasteiger partial charge in [0.2, 0.25) is 0 Å². The normalized spacial score (nSPS) is 40.3. The van der Waals surface area contributed by atoms with Crippen LogP contribution in [0.5, 0.6) is 0 Å². The molecule has 0 bridgehead atoms. The van der Waals surface area contributed by atoms with Crippen LogP contribution in [0.15, 0.2) is 36.3 Å². The van der Waals surface area contributed by atoms with Crippen LogP contribution in [-0.4, -0.2) is 17.3 Å². The van der Waals surface area contributed by atoms with Crippen LogP contribution in [0.4, 0.5) is 0 Å². The Labute approximate surface area is 162 Å². The van der Waals surface area contributed by atoms with E-state index in [1.54, 1.807) is 0 Å². The Balaban J connectivity index is 1.48. The minimum absolute atomic E-state index is 0.159. The maximum atomic E-state index is 12.0. The topological polar surface area (TPSA) is 42.0 Å². The highest BCUT2D eigenvalue weighted by molar-refractivity contribution is 5.91. The lowest BCUT2D eigenvalue weighted by Crippen LogP contribution is -2.56. The first kappa shape index (κ1) is 17.2. The quantitative estimate of drug-likeness (QED) is 0.788. The highest BCUT2D eigenvalue weighted by Crippen LogP contribution is 2.64. The Morgan fingerprint density at radius 1 is 1.15 bits per heavy atom. The molecule has 27 heavy (non-hydrogen) atoms. The SMILES string of the molecule is Cc1cncc(C2=CC[C@H]3[C@@H]4CNC5=CC(=O)CC[C@]5(C)[C@H]4CC[C@]23C)c1. The van der Waals surface area contributed by atoms with Crippen molar-refractivity contribution in [1.29, 1.82) is 0 Å². The average molecular weight is 363 g/mol. The monoisotopic (exact) mass is 362 g/mol. The molecule has 0 amide bonds. The molecule has 5 atom stereocenters. The van der Waals surface area contributed by atoms with E-state index in [-0.39, 0.29) is 10.8 Å². The number of hydrogen-bond donors (Lipinski definition) is 1. The van der Waals surface area contributed by atoms with E-state index in [0.29, 0.717) is 30.0 Å². The summed E-state index contributed by atoms with van der Waals surface area (Å²) in [6, 6.07) is 2.30. The smallest absolute Gasteiger partial charge is 0.157 e. The molecule has 0 aromatic carbocycles. The van der Waals surface area contributed by atoms with Gasteiger partial charge in [-0.05, 0) is 78.5 Å². The zero-order valence-electron chi connectivity index (χ0n) is 16.7. The molecular weight excluding hydrogens is 332 g/mol. The third-order valence-electron chi connectivity index (χ3n) is 8.36. The van der Waals surface area contributed by atoms with Crippen molar-refractivity contribution in [3.63, 3.8) is 0 Å². The van der Waals surface area contributed by atoms with E-state index < -0.39 is 0 Å². The standard InChI is InChI=1S/C24H30N2O/c1-15-10-16(13-25-12-15)19-4-5-20-18-14-26-22-11-17(27)6-8-24(22,3)21(18)7-9-23(19,20)2/h4,10-13,18,20-21,26H,5-9,14H2,1-3H3/t18-,20-,21-,23+,24+/m0/s1. The molecule has 3 nitrogen and oxygen atoms in total. The second kappa shape index (κ2) is 5.80. The van der Waals surface area contributed by atoms with Crippen molar-refractivity contribution in [2.75, 3.05) is 6.54 Å². The molecule has 1 N–H and O–H groups in total. The van der Waals surface area contributed by atoms with Gasteiger partial charge >= 0.3 is 0 Å². The summed E-state index contributed by atoms with van der Waals surface area (Å²) in [6.07, 6.45) is 13.8. The molecule has 0 spiro atoms. The van der Waals surface area contributed by atoms with Crippen molar-refractivity contribution in [2.45, 2.75) is 52.9 Å². The van der Waals surface area contributed by atoms with Crippen molar-refractivity contribution < 1.29 is 4.79 Å². The van der Waals surface area contributed by atoms with Gasteiger partial charge in [0, 0.05) is 42.5 Å². The molecule has 3 aliphatic carbocycles. The van der Waals surface area contributed by atoms with E-state index in [1.807, 2.05) is 18.5 Å². The van der Waals surface area contributed by atoms with Gasteiger partial charge in [0.15, 0.2) is 5.78 Å². The molecule has 2 heterocycles. The first-order chi connectivity index (χ1) is 12.9. The molecule has 1 aromatic rings. The van der Waals surface area contributed by atoms with Gasteiger partial charge in [0.1, 0.15) is 0 Å². The molecule has 142 valence electrons. The fraction of sp³-hybridized carbons (Fsp3) is 0.583. The minimum atomic E-state index is 0.159. The van der Waals surface area contributed by atoms with E-state index in [4.69, 9.17) is 0 Å². The van der Waals surface area contributed by atoms with Gasteiger partial charge in [-0.3, -0.25) is 9.78 Å². The molecule has 0 radical (unpaired) electrons. The van der Waals surface area contributed by atoms with Gasteiger partial charge in [0.05, 0.1) is 0 Å². The van der Waals surface area contributed by atoms with E-state index in [9.17, 15) is 4.79 Å². The number of aromatic nitrogens is 1. The summed E-state index contributed by atoms with van der Waals surface area (Å²) in [7, 11) is 0. The first-order valence-corrected chi connectivity index (χ1v) is 10.5. The third-order valence-corrected chi connectivity index (χ3v) is 8.36. The summed E-state index contributed by atoms with van der Waals surface area (Å²) in [5, 5.41) is 3.69. The number of hydrogen-bond acceptors (Lipinski definition) is 3. The number of aryl methyl sites for hydroxylation is 1. The van der Waals surface area contributed by atoms with Crippen LogP contribution in [-0.2, 0) is 4.79 Å². The van der Waals surface area contributed by atoms with Crippen molar-refractivity contribution >= 4 is 11.4 Å². The largest absolute Gasteiger partial charge is 0.387 e. The van der Waals surface area contributed by atoms with Crippen LogP contribution in [0, 0.1) is 35.5 Å². The zero-order chi connectivity index (χ0) is 18.8. The summed E-state index contributed by atoms with van der Waals surface area (Å²) in [6.45, 7) is 8.05. The van der Waals surface area contributed by atoms with Crippen molar-refractivity contribution in [3.8, 4) is 0 Å². The fourth-order valence-corrected chi connectivity index (χ4v) is 6.86. The average Bonchev–Trinajstić information content (AvgIpc) is 2.99. The van der Waals surface area contributed by atoms with Crippen LogP contribution in [0.2, 0.25) is 0 Å². The molecule has 5 rings (SSSR count). The number of allylic oxidation sites excluding steroid dienone is 4. The Morgan fingerprint density at radius 2 is 2.00 bits per heavy atom. The third kappa shape index (κ3) is 2.40. The lowest BCUT2D eigenvalue weighted by Gasteiger charge is -2.58. The van der Waals surface area contributed by atoms with Crippen molar-refractivity contribution in [2.24, 2.45) is 28.6 Å². The number of ketones is 1. The summed E-state index contributed by atoms with van der Waals surface area (Å²) in [4.78, 5) is 16.4. The van der Waals surface area contributed by atoms with E-state index >= 15 is 0 Å². The van der Waals surface area contributed by atoms with Gasteiger partial charge in [-0.25, -0.2) is 0 Å². The van der Waals surface area contributed by atoms with Crippen LogP contribution in [0.25, 0.3) is 5.57 Å². The number of nitrogens with zero attached hydrogens (tertiary/aromatic N) is 1. The molecule has 2 fully saturated rings. The predicted molar refractivity (Wildman–Crippen MR) is 108 cm³/mol. The summed E-state index contributed by atoms with van der Waals surface area (Å²) in [5.74, 6) is 2.37. The lowest BCUT2D eigenvalue weighted by molar-refractivity contribution is -0.117. The number of rotatable bonds is 1. The number of carbonyl (C=O) groups is 1. The Bertz CT molecular complexity index is 869. The van der Waals surface area contributed by atoms with E-state index in [2.05, 4.69) is 43.2 Å². The van der Waals surface area contributed by atoms with Gasteiger partial charge < -0.3 is 5.32 Å². The maximum absolute atomic E-state index is 12.0. The molecule has 1 aromatic heterocycles. The second-order valence-corrected chi connectivity index (χ2v) is 9.76. The number of carbonyl (C=O) groups excluding carboxylic acids is 1. The van der Waals surface area contributed by atoms with Crippen molar-refractivity contribution in [3.05, 3.63) is 47.4 Å². The van der Waals surface area contributed by atoms with Crippen LogP contribution in [0.3, 0.4) is 0 Å². The number of fused-ring (bicyclic) bond motifs is 5. The maximum Gasteiger partial charge on any atom is 0.157 e. The highest BCUT2D eigenvalue weighted by Gasteiger charge is 2.57. The Morgan fingerprint density at radius 3 is 2.81 bits per heavy atom. The molecular formula is C24H30N2O.